The van der Waals surface area contributed by atoms with Gasteiger partial charge in [-0.2, -0.15) is 0 Å². The number of nitrogens with one attached hydrogen (secondary N) is 2. The molecular weight excluding hydrogens is 256 g/mol. The van der Waals surface area contributed by atoms with E-state index in [4.69, 9.17) is 5.84 Å². The molecule has 0 radical (unpaired) electrons. The van der Waals surface area contributed by atoms with Gasteiger partial charge >= 0.3 is 0 Å². The molecule has 0 fully saturated rings. The Morgan fingerprint density at radius 3 is 2.63 bits per heavy atom. The van der Waals surface area contributed by atoms with Crippen molar-refractivity contribution >= 4 is 17.5 Å². The molecule has 0 bridgehead atoms. The molecule has 0 atom stereocenters. The molecule has 2 aromatic rings. The van der Waals surface area contributed by atoms with Gasteiger partial charge in [-0.05, 0) is 18.2 Å². The lowest BCUT2D eigenvalue weighted by Crippen LogP contribution is -2.18. The summed E-state index contributed by atoms with van der Waals surface area (Å²) >= 11 is 0. The number of hydrogen-bond acceptors (Lipinski definition) is 5. The van der Waals surface area contributed by atoms with Crippen LogP contribution in [-0.2, 0) is 0 Å². The zero-order valence-electron chi connectivity index (χ0n) is 9.52. The summed E-state index contributed by atoms with van der Waals surface area (Å²) in [4.78, 5) is 19.0. The van der Waals surface area contributed by atoms with Gasteiger partial charge in [0.15, 0.2) is 11.6 Å². The van der Waals surface area contributed by atoms with Crippen LogP contribution in [0.25, 0.3) is 0 Å². The van der Waals surface area contributed by atoms with Crippen molar-refractivity contribution in [2.24, 2.45) is 5.84 Å². The second kappa shape index (κ2) is 5.36. The molecule has 4 N–H and O–H groups in total. The first-order valence-corrected chi connectivity index (χ1v) is 5.16. The fourth-order valence-electron chi connectivity index (χ4n) is 1.35. The second-order valence-electron chi connectivity index (χ2n) is 3.48. The maximum atomic E-state index is 13.7. The molecule has 8 heteroatoms. The van der Waals surface area contributed by atoms with Crippen molar-refractivity contribution in [3.8, 4) is 0 Å². The summed E-state index contributed by atoms with van der Waals surface area (Å²) in [6.07, 6.45) is 2.16. The average Bonchev–Trinajstić information content (AvgIpc) is 2.41. The number of carbonyl (C=O) groups is 1. The third kappa shape index (κ3) is 2.80. The van der Waals surface area contributed by atoms with E-state index in [1.165, 1.54) is 18.3 Å². The van der Waals surface area contributed by atoms with Crippen LogP contribution in [0.15, 0.2) is 30.6 Å². The smallest absolute Gasteiger partial charge is 0.259 e. The highest BCUT2D eigenvalue weighted by Gasteiger charge is 2.16. The van der Waals surface area contributed by atoms with E-state index in [1.54, 1.807) is 0 Å². The Labute approximate surface area is 106 Å². The summed E-state index contributed by atoms with van der Waals surface area (Å²) in [6.45, 7) is 0. The maximum absolute atomic E-state index is 13.7. The number of hydrazine groups is 1. The molecular formula is C11H9F2N5O. The molecule has 2 rings (SSSR count). The molecule has 98 valence electrons. The number of nitrogen functional groups attached to an aromatic ring is 1. The van der Waals surface area contributed by atoms with Crippen LogP contribution in [0, 0.1) is 11.6 Å². The van der Waals surface area contributed by atoms with Gasteiger partial charge in [0.1, 0.15) is 11.6 Å². The molecule has 0 saturated carbocycles. The predicted molar refractivity (Wildman–Crippen MR) is 64.2 cm³/mol. The predicted octanol–water partition coefficient (Wildman–Crippen LogP) is 1.29. The fourth-order valence-corrected chi connectivity index (χ4v) is 1.35. The van der Waals surface area contributed by atoms with Crippen molar-refractivity contribution in [2.75, 3.05) is 10.7 Å². The molecule has 0 unspecified atom stereocenters. The van der Waals surface area contributed by atoms with Crippen molar-refractivity contribution in [1.29, 1.82) is 0 Å². The minimum absolute atomic E-state index is 0.102. The summed E-state index contributed by atoms with van der Waals surface area (Å²) < 4.78 is 26.4. The summed E-state index contributed by atoms with van der Waals surface area (Å²) in [5.41, 5.74) is 1.78. The molecule has 6 nitrogen and oxygen atoms in total. The van der Waals surface area contributed by atoms with E-state index in [-0.39, 0.29) is 17.2 Å². The molecule has 19 heavy (non-hydrogen) atoms. The van der Waals surface area contributed by atoms with Gasteiger partial charge in [-0.3, -0.25) is 4.79 Å². The van der Waals surface area contributed by atoms with Crippen molar-refractivity contribution in [2.45, 2.75) is 0 Å². The van der Waals surface area contributed by atoms with Crippen LogP contribution >= 0.6 is 0 Å². The third-order valence-electron chi connectivity index (χ3n) is 2.24. The van der Waals surface area contributed by atoms with Gasteiger partial charge in [-0.1, -0.05) is 0 Å². The lowest BCUT2D eigenvalue weighted by molar-refractivity contribution is 0.102. The van der Waals surface area contributed by atoms with E-state index in [9.17, 15) is 13.6 Å². The van der Waals surface area contributed by atoms with Crippen LogP contribution in [0.3, 0.4) is 0 Å². The van der Waals surface area contributed by atoms with Gasteiger partial charge in [-0.15, -0.1) is 0 Å². The Morgan fingerprint density at radius 2 is 2.00 bits per heavy atom. The molecule has 0 aliphatic rings. The first kappa shape index (κ1) is 12.8. The van der Waals surface area contributed by atoms with Gasteiger partial charge in [0, 0.05) is 6.20 Å². The van der Waals surface area contributed by atoms with E-state index < -0.39 is 17.5 Å². The Bertz CT molecular complexity index is 603. The Morgan fingerprint density at radius 1 is 1.21 bits per heavy atom. The topological polar surface area (TPSA) is 92.9 Å². The first-order chi connectivity index (χ1) is 9.11. The number of pyridine rings is 2. The largest absolute Gasteiger partial charge is 0.306 e. The number of nitrogens with two attached hydrogens (primary N) is 1. The number of carbonyl (C=O) groups excluding carboxylic acids is 1. The number of rotatable bonds is 3. The first-order valence-electron chi connectivity index (χ1n) is 5.16. The van der Waals surface area contributed by atoms with E-state index in [0.717, 1.165) is 12.3 Å². The quantitative estimate of drug-likeness (QED) is 0.574. The highest BCUT2D eigenvalue weighted by Crippen LogP contribution is 2.15. The van der Waals surface area contributed by atoms with Crippen LogP contribution < -0.4 is 16.6 Å². The molecule has 0 aliphatic heterocycles. The second-order valence-corrected chi connectivity index (χ2v) is 3.48. The molecule has 2 heterocycles. The number of nitrogens with zero attached hydrogens (tertiary/aromatic N) is 2. The standard InChI is InChI=1S/C11H9F2N5O/c12-6-1-2-8(16-5-6)17-11(19)7-3-4-15-10(18-14)9(7)13/h1-5H,14H2,(H,15,18)(H,16,17,19). The summed E-state index contributed by atoms with van der Waals surface area (Å²) in [6, 6.07) is 3.57. The van der Waals surface area contributed by atoms with Gasteiger partial charge in [0.2, 0.25) is 0 Å². The normalized spacial score (nSPS) is 10.1. The Kier molecular flexibility index (Phi) is 3.62. The molecule has 1 amide bonds. The van der Waals surface area contributed by atoms with E-state index in [0.29, 0.717) is 0 Å². The SMILES string of the molecule is NNc1nccc(C(=O)Nc2ccc(F)cn2)c1F. The molecule has 0 aliphatic carbocycles. The van der Waals surface area contributed by atoms with Crippen molar-refractivity contribution in [3.63, 3.8) is 0 Å². The van der Waals surface area contributed by atoms with Crippen molar-refractivity contribution < 1.29 is 13.6 Å². The Balaban J connectivity index is 2.23. The van der Waals surface area contributed by atoms with Gasteiger partial charge in [-0.25, -0.2) is 24.6 Å². The number of aromatic nitrogens is 2. The Hall–Kier alpha value is -2.61. The van der Waals surface area contributed by atoms with Gasteiger partial charge in [0.25, 0.3) is 5.91 Å². The van der Waals surface area contributed by atoms with E-state index >= 15 is 0 Å². The van der Waals surface area contributed by atoms with Crippen LogP contribution in [0.2, 0.25) is 0 Å². The van der Waals surface area contributed by atoms with Gasteiger partial charge < -0.3 is 10.7 Å². The lowest BCUT2D eigenvalue weighted by Gasteiger charge is -2.07. The number of hydrogen-bond donors (Lipinski definition) is 3. The summed E-state index contributed by atoms with van der Waals surface area (Å²) in [7, 11) is 0. The average molecular weight is 265 g/mol. The molecule has 0 aromatic carbocycles. The van der Waals surface area contributed by atoms with Gasteiger partial charge in [0.05, 0.1) is 11.8 Å². The monoisotopic (exact) mass is 265 g/mol. The van der Waals surface area contributed by atoms with E-state index in [1.807, 2.05) is 5.43 Å². The summed E-state index contributed by atoms with van der Waals surface area (Å²) in [5, 5.41) is 2.32. The number of halogens is 2. The third-order valence-corrected chi connectivity index (χ3v) is 2.24. The number of amides is 1. The molecule has 0 spiro atoms. The minimum atomic E-state index is -0.885. The maximum Gasteiger partial charge on any atom is 0.259 e. The van der Waals surface area contributed by atoms with Crippen LogP contribution in [0.5, 0.6) is 0 Å². The summed E-state index contributed by atoms with van der Waals surface area (Å²) in [5.74, 6) is 2.74. The highest BCUT2D eigenvalue weighted by atomic mass is 19.1. The molecule has 2 aromatic heterocycles. The minimum Gasteiger partial charge on any atom is -0.306 e. The lowest BCUT2D eigenvalue weighted by atomic mass is 10.2. The van der Waals surface area contributed by atoms with Crippen molar-refractivity contribution in [3.05, 3.63) is 47.8 Å². The van der Waals surface area contributed by atoms with Crippen LogP contribution in [0.1, 0.15) is 10.4 Å². The van der Waals surface area contributed by atoms with E-state index in [2.05, 4.69) is 15.3 Å². The number of anilines is 2. The zero-order chi connectivity index (χ0) is 13.8. The van der Waals surface area contributed by atoms with Crippen LogP contribution in [-0.4, -0.2) is 15.9 Å². The fraction of sp³-hybridized carbons (Fsp3) is 0. The zero-order valence-corrected chi connectivity index (χ0v) is 9.52. The highest BCUT2D eigenvalue weighted by molar-refractivity contribution is 6.04. The van der Waals surface area contributed by atoms with Crippen molar-refractivity contribution in [1.82, 2.24) is 9.97 Å². The van der Waals surface area contributed by atoms with Crippen LogP contribution in [0.4, 0.5) is 20.4 Å². The molecule has 0 saturated heterocycles.